The van der Waals surface area contributed by atoms with Crippen LogP contribution < -0.4 is 5.32 Å². The Morgan fingerprint density at radius 2 is 1.94 bits per heavy atom. The number of likely N-dealkylation sites (tertiary alicyclic amines) is 1. The molecule has 1 aliphatic rings. The van der Waals surface area contributed by atoms with Crippen molar-refractivity contribution in [3.63, 3.8) is 0 Å². The molecule has 1 N–H and O–H groups in total. The van der Waals surface area contributed by atoms with E-state index in [0.717, 1.165) is 31.8 Å². The van der Waals surface area contributed by atoms with E-state index in [1.54, 1.807) is 11.8 Å². The van der Waals surface area contributed by atoms with Gasteiger partial charge in [-0.05, 0) is 25.7 Å². The molecular formula is C12H22N2O3. The minimum Gasteiger partial charge on any atom is -0.465 e. The lowest BCUT2D eigenvalue weighted by Crippen LogP contribution is -2.45. The highest BCUT2D eigenvalue weighted by Crippen LogP contribution is 2.19. The third-order valence-corrected chi connectivity index (χ3v) is 3.17. The molecule has 0 unspecified atom stereocenters. The number of urea groups is 1. The Hall–Kier alpha value is -1.26. The van der Waals surface area contributed by atoms with Gasteiger partial charge in [0.1, 0.15) is 6.54 Å². The SMILES string of the molecule is CCOC(=O)CNC(=O)N1CCC(CC)CC1. The Labute approximate surface area is 102 Å². The number of hydrogen-bond donors (Lipinski definition) is 1. The van der Waals surface area contributed by atoms with E-state index in [0.29, 0.717) is 6.61 Å². The van der Waals surface area contributed by atoms with Gasteiger partial charge in [0.15, 0.2) is 0 Å². The lowest BCUT2D eigenvalue weighted by atomic mass is 9.95. The van der Waals surface area contributed by atoms with E-state index < -0.39 is 0 Å². The molecule has 98 valence electrons. The van der Waals surface area contributed by atoms with Crippen LogP contribution in [-0.2, 0) is 9.53 Å². The van der Waals surface area contributed by atoms with Gasteiger partial charge in [-0.3, -0.25) is 4.79 Å². The van der Waals surface area contributed by atoms with Crippen LogP contribution in [0.2, 0.25) is 0 Å². The number of carbonyl (C=O) groups excluding carboxylic acids is 2. The average Bonchev–Trinajstić information content (AvgIpc) is 2.36. The largest absolute Gasteiger partial charge is 0.465 e. The summed E-state index contributed by atoms with van der Waals surface area (Å²) >= 11 is 0. The van der Waals surface area contributed by atoms with Gasteiger partial charge in [-0.2, -0.15) is 0 Å². The van der Waals surface area contributed by atoms with Crippen LogP contribution >= 0.6 is 0 Å². The summed E-state index contributed by atoms with van der Waals surface area (Å²) in [6.45, 7) is 5.80. The van der Waals surface area contributed by atoms with E-state index in [1.807, 2.05) is 0 Å². The molecule has 0 atom stereocenters. The minimum absolute atomic E-state index is 0.0413. The molecule has 0 aromatic carbocycles. The highest BCUT2D eigenvalue weighted by molar-refractivity contribution is 5.80. The summed E-state index contributed by atoms with van der Waals surface area (Å²) in [6.07, 6.45) is 3.30. The van der Waals surface area contributed by atoms with Crippen molar-refractivity contribution >= 4 is 12.0 Å². The number of piperidine rings is 1. The zero-order valence-corrected chi connectivity index (χ0v) is 10.7. The molecule has 0 aromatic rings. The van der Waals surface area contributed by atoms with E-state index in [2.05, 4.69) is 12.2 Å². The van der Waals surface area contributed by atoms with Crippen LogP contribution in [0.25, 0.3) is 0 Å². The normalized spacial score (nSPS) is 16.7. The monoisotopic (exact) mass is 242 g/mol. The van der Waals surface area contributed by atoms with Crippen molar-refractivity contribution in [2.24, 2.45) is 5.92 Å². The predicted octanol–water partition coefficient (Wildman–Crippen LogP) is 1.38. The van der Waals surface area contributed by atoms with E-state index in [1.165, 1.54) is 6.42 Å². The molecule has 0 spiro atoms. The highest BCUT2D eigenvalue weighted by atomic mass is 16.5. The van der Waals surface area contributed by atoms with E-state index in [9.17, 15) is 9.59 Å². The number of rotatable bonds is 4. The Kier molecular flexibility index (Phi) is 5.80. The molecule has 1 saturated heterocycles. The van der Waals surface area contributed by atoms with Crippen LogP contribution in [0.15, 0.2) is 0 Å². The lowest BCUT2D eigenvalue weighted by Gasteiger charge is -2.31. The summed E-state index contributed by atoms with van der Waals surface area (Å²) in [6, 6.07) is -0.160. The van der Waals surface area contributed by atoms with E-state index in [4.69, 9.17) is 4.74 Å². The van der Waals surface area contributed by atoms with Crippen molar-refractivity contribution in [3.8, 4) is 0 Å². The lowest BCUT2D eigenvalue weighted by molar-refractivity contribution is -0.141. The van der Waals surface area contributed by atoms with Crippen LogP contribution in [0.1, 0.15) is 33.1 Å². The fraction of sp³-hybridized carbons (Fsp3) is 0.833. The third-order valence-electron chi connectivity index (χ3n) is 3.17. The number of ether oxygens (including phenoxy) is 1. The van der Waals surface area contributed by atoms with Crippen molar-refractivity contribution in [3.05, 3.63) is 0 Å². The van der Waals surface area contributed by atoms with Gasteiger partial charge in [0, 0.05) is 13.1 Å². The highest BCUT2D eigenvalue weighted by Gasteiger charge is 2.21. The van der Waals surface area contributed by atoms with Crippen molar-refractivity contribution in [1.29, 1.82) is 0 Å². The molecule has 0 aliphatic carbocycles. The molecule has 1 heterocycles. The maximum atomic E-state index is 11.7. The van der Waals surface area contributed by atoms with Gasteiger partial charge in [0.2, 0.25) is 0 Å². The van der Waals surface area contributed by atoms with Crippen molar-refractivity contribution in [1.82, 2.24) is 10.2 Å². The zero-order valence-electron chi connectivity index (χ0n) is 10.7. The molecule has 0 bridgehead atoms. The molecule has 2 amide bonds. The summed E-state index contributed by atoms with van der Waals surface area (Å²) in [7, 11) is 0. The molecule has 5 nitrogen and oxygen atoms in total. The van der Waals surface area contributed by atoms with Crippen molar-refractivity contribution in [2.45, 2.75) is 33.1 Å². The molecular weight excluding hydrogens is 220 g/mol. The molecule has 1 fully saturated rings. The predicted molar refractivity (Wildman–Crippen MR) is 64.6 cm³/mol. The summed E-state index contributed by atoms with van der Waals surface area (Å²) in [5.74, 6) is 0.355. The van der Waals surface area contributed by atoms with Crippen molar-refractivity contribution < 1.29 is 14.3 Å². The van der Waals surface area contributed by atoms with Crippen LogP contribution in [-0.4, -0.2) is 43.1 Å². The van der Waals surface area contributed by atoms with E-state index in [-0.39, 0.29) is 18.5 Å². The van der Waals surface area contributed by atoms with Gasteiger partial charge in [-0.15, -0.1) is 0 Å². The molecule has 0 aromatic heterocycles. The third kappa shape index (κ3) is 4.63. The molecule has 17 heavy (non-hydrogen) atoms. The Morgan fingerprint density at radius 3 is 2.47 bits per heavy atom. The number of amides is 2. The topological polar surface area (TPSA) is 58.6 Å². The summed E-state index contributed by atoms with van der Waals surface area (Å²) in [4.78, 5) is 24.6. The number of esters is 1. The van der Waals surface area contributed by atoms with Crippen molar-refractivity contribution in [2.75, 3.05) is 26.2 Å². The molecule has 5 heteroatoms. The Bertz CT molecular complexity index is 260. The average molecular weight is 242 g/mol. The summed E-state index contributed by atoms with van der Waals surface area (Å²) in [5.41, 5.74) is 0. The van der Waals surface area contributed by atoms with Crippen LogP contribution in [0, 0.1) is 5.92 Å². The second kappa shape index (κ2) is 7.14. The second-order valence-corrected chi connectivity index (χ2v) is 4.30. The first kappa shape index (κ1) is 13.8. The minimum atomic E-state index is -0.385. The number of nitrogens with zero attached hydrogens (tertiary/aromatic N) is 1. The van der Waals surface area contributed by atoms with Gasteiger partial charge in [0.25, 0.3) is 0 Å². The smallest absolute Gasteiger partial charge is 0.325 e. The first-order chi connectivity index (χ1) is 8.17. The molecule has 0 radical (unpaired) electrons. The van der Waals surface area contributed by atoms with Gasteiger partial charge in [-0.25, -0.2) is 4.79 Å². The summed E-state index contributed by atoms with van der Waals surface area (Å²) in [5, 5.41) is 2.58. The Balaban J connectivity index is 2.22. The number of carbonyl (C=O) groups is 2. The fourth-order valence-corrected chi connectivity index (χ4v) is 2.02. The quantitative estimate of drug-likeness (QED) is 0.758. The molecule has 0 saturated carbocycles. The maximum absolute atomic E-state index is 11.7. The molecule has 1 aliphatic heterocycles. The molecule has 1 rings (SSSR count). The second-order valence-electron chi connectivity index (χ2n) is 4.30. The number of hydrogen-bond acceptors (Lipinski definition) is 3. The first-order valence-corrected chi connectivity index (χ1v) is 6.35. The van der Waals surface area contributed by atoms with Gasteiger partial charge in [0.05, 0.1) is 6.61 Å². The van der Waals surface area contributed by atoms with Crippen LogP contribution in [0.5, 0.6) is 0 Å². The van der Waals surface area contributed by atoms with E-state index >= 15 is 0 Å². The maximum Gasteiger partial charge on any atom is 0.325 e. The number of nitrogens with one attached hydrogen (secondary N) is 1. The van der Waals surface area contributed by atoms with Gasteiger partial charge >= 0.3 is 12.0 Å². The fourth-order valence-electron chi connectivity index (χ4n) is 2.02. The zero-order chi connectivity index (χ0) is 12.7. The standard InChI is InChI=1S/C12H22N2O3/c1-3-10-5-7-14(8-6-10)12(16)13-9-11(15)17-4-2/h10H,3-9H2,1-2H3,(H,13,16). The summed E-state index contributed by atoms with van der Waals surface area (Å²) < 4.78 is 4.74. The van der Waals surface area contributed by atoms with Gasteiger partial charge < -0.3 is 15.0 Å². The van der Waals surface area contributed by atoms with Crippen LogP contribution in [0.3, 0.4) is 0 Å². The Morgan fingerprint density at radius 1 is 1.29 bits per heavy atom. The van der Waals surface area contributed by atoms with Crippen LogP contribution in [0.4, 0.5) is 4.79 Å². The van der Waals surface area contributed by atoms with Gasteiger partial charge in [-0.1, -0.05) is 13.3 Å². The first-order valence-electron chi connectivity index (χ1n) is 6.35.